The van der Waals surface area contributed by atoms with Crippen molar-refractivity contribution in [1.82, 2.24) is 10.2 Å². The van der Waals surface area contributed by atoms with E-state index in [1.165, 1.54) is 48.2 Å². The molecule has 2 amide bonds. The monoisotopic (exact) mass is 390 g/mol. The molecule has 142 valence electrons. The van der Waals surface area contributed by atoms with Gasteiger partial charge in [-0.2, -0.15) is 0 Å². The van der Waals surface area contributed by atoms with Crippen molar-refractivity contribution in [3.63, 3.8) is 0 Å². The van der Waals surface area contributed by atoms with Crippen LogP contribution >= 0.6 is 11.8 Å². The van der Waals surface area contributed by atoms with E-state index in [1.807, 2.05) is 0 Å². The minimum absolute atomic E-state index is 0.00338. The number of amides is 2. The van der Waals surface area contributed by atoms with Crippen LogP contribution < -0.4 is 5.32 Å². The lowest BCUT2D eigenvalue weighted by molar-refractivity contribution is -0.129. The van der Waals surface area contributed by atoms with Crippen molar-refractivity contribution >= 4 is 23.6 Å². The van der Waals surface area contributed by atoms with Crippen molar-refractivity contribution in [2.24, 2.45) is 0 Å². The van der Waals surface area contributed by atoms with E-state index in [4.69, 9.17) is 0 Å². The van der Waals surface area contributed by atoms with Crippen LogP contribution in [0.5, 0.6) is 0 Å². The zero-order valence-electron chi connectivity index (χ0n) is 14.7. The summed E-state index contributed by atoms with van der Waals surface area (Å²) in [6.07, 6.45) is 1.36. The second-order valence-corrected chi connectivity index (χ2v) is 7.43. The van der Waals surface area contributed by atoms with Crippen LogP contribution in [0, 0.1) is 11.6 Å². The molecule has 27 heavy (non-hydrogen) atoms. The Morgan fingerprint density at radius 3 is 2.11 bits per heavy atom. The number of carbonyl (C=O) groups is 2. The summed E-state index contributed by atoms with van der Waals surface area (Å²) < 4.78 is 25.8. The Kier molecular flexibility index (Phi) is 6.45. The highest BCUT2D eigenvalue weighted by atomic mass is 32.2. The number of nitrogens with one attached hydrogen (secondary N) is 1. The van der Waals surface area contributed by atoms with E-state index in [9.17, 15) is 18.4 Å². The van der Waals surface area contributed by atoms with Gasteiger partial charge in [-0.25, -0.2) is 8.78 Å². The number of thioether (sulfide) groups is 1. The predicted molar refractivity (Wildman–Crippen MR) is 101 cm³/mol. The molecule has 7 heteroatoms. The molecule has 2 aromatic carbocycles. The molecule has 0 radical (unpaired) electrons. The van der Waals surface area contributed by atoms with Crippen LogP contribution in [0.25, 0.3) is 0 Å². The first kappa shape index (κ1) is 19.4. The third-order valence-electron chi connectivity index (χ3n) is 4.47. The number of likely N-dealkylation sites (tertiary alicyclic amines) is 1. The van der Waals surface area contributed by atoms with E-state index in [2.05, 4.69) is 5.32 Å². The molecule has 1 saturated heterocycles. The average Bonchev–Trinajstić information content (AvgIpc) is 2.68. The number of rotatable bonds is 5. The summed E-state index contributed by atoms with van der Waals surface area (Å²) >= 11 is 1.38. The van der Waals surface area contributed by atoms with Gasteiger partial charge >= 0.3 is 0 Å². The van der Waals surface area contributed by atoms with Crippen molar-refractivity contribution < 1.29 is 18.4 Å². The van der Waals surface area contributed by atoms with Gasteiger partial charge in [0.1, 0.15) is 11.6 Å². The van der Waals surface area contributed by atoms with Crippen molar-refractivity contribution in [3.05, 3.63) is 65.7 Å². The number of hydrogen-bond acceptors (Lipinski definition) is 3. The Balaban J connectivity index is 1.42. The highest BCUT2D eigenvalue weighted by Crippen LogP contribution is 2.20. The van der Waals surface area contributed by atoms with Crippen LogP contribution in [0.3, 0.4) is 0 Å². The highest BCUT2D eigenvalue weighted by molar-refractivity contribution is 8.00. The molecule has 1 N–H and O–H groups in total. The molecule has 0 spiro atoms. The third-order valence-corrected chi connectivity index (χ3v) is 5.46. The summed E-state index contributed by atoms with van der Waals surface area (Å²) in [6, 6.07) is 11.5. The number of halogens is 2. The number of hydrogen-bond donors (Lipinski definition) is 1. The summed E-state index contributed by atoms with van der Waals surface area (Å²) in [7, 11) is 0. The summed E-state index contributed by atoms with van der Waals surface area (Å²) in [5.41, 5.74) is 0.422. The summed E-state index contributed by atoms with van der Waals surface area (Å²) in [5.74, 6) is -0.565. The molecule has 0 unspecified atom stereocenters. The molecule has 1 heterocycles. The van der Waals surface area contributed by atoms with Crippen LogP contribution in [-0.4, -0.2) is 41.6 Å². The minimum Gasteiger partial charge on any atom is -0.349 e. The molecule has 2 aromatic rings. The molecular formula is C20H20F2N2O2S. The lowest BCUT2D eigenvalue weighted by atomic mass is 10.0. The molecule has 1 aliphatic rings. The van der Waals surface area contributed by atoms with Gasteiger partial charge < -0.3 is 10.2 Å². The number of benzene rings is 2. The van der Waals surface area contributed by atoms with Gasteiger partial charge in [0.05, 0.1) is 5.75 Å². The first-order valence-electron chi connectivity index (χ1n) is 8.74. The molecule has 1 aliphatic heterocycles. The molecule has 1 fully saturated rings. The second kappa shape index (κ2) is 8.99. The molecule has 3 rings (SSSR count). The van der Waals surface area contributed by atoms with E-state index < -0.39 is 0 Å². The Morgan fingerprint density at radius 2 is 1.52 bits per heavy atom. The molecule has 0 saturated carbocycles. The average molecular weight is 390 g/mol. The van der Waals surface area contributed by atoms with Gasteiger partial charge in [-0.15, -0.1) is 11.8 Å². The van der Waals surface area contributed by atoms with E-state index in [-0.39, 0.29) is 29.5 Å². The van der Waals surface area contributed by atoms with Gasteiger partial charge in [-0.05, 0) is 61.4 Å². The molecular weight excluding hydrogens is 370 g/mol. The maximum absolute atomic E-state index is 12.9. The summed E-state index contributed by atoms with van der Waals surface area (Å²) in [6.45, 7) is 1.16. The van der Waals surface area contributed by atoms with Crippen LogP contribution in [0.15, 0.2) is 53.4 Å². The smallest absolute Gasteiger partial charge is 0.251 e. The van der Waals surface area contributed by atoms with Gasteiger partial charge in [0.25, 0.3) is 5.91 Å². The van der Waals surface area contributed by atoms with E-state index in [0.29, 0.717) is 37.2 Å². The topological polar surface area (TPSA) is 49.4 Å². The number of nitrogens with zero attached hydrogens (tertiary/aromatic N) is 1. The third kappa shape index (κ3) is 5.53. The molecule has 0 bridgehead atoms. The standard InChI is InChI=1S/C20H20F2N2O2S/c21-15-3-1-14(2-4-15)20(26)23-17-9-11-24(12-10-17)19(25)13-27-18-7-5-16(22)6-8-18/h1-8,17H,9-13H2,(H,23,26). The Hall–Kier alpha value is -2.41. The Morgan fingerprint density at radius 1 is 0.963 bits per heavy atom. The SMILES string of the molecule is O=C(NC1CCN(C(=O)CSc2ccc(F)cc2)CC1)c1ccc(F)cc1. The zero-order valence-corrected chi connectivity index (χ0v) is 15.5. The van der Waals surface area contributed by atoms with Gasteiger partial charge in [0.2, 0.25) is 5.91 Å². The fraction of sp³-hybridized carbons (Fsp3) is 0.300. The van der Waals surface area contributed by atoms with Crippen molar-refractivity contribution in [1.29, 1.82) is 0 Å². The van der Waals surface area contributed by atoms with Crippen LogP contribution in [0.2, 0.25) is 0 Å². The first-order chi connectivity index (χ1) is 13.0. The van der Waals surface area contributed by atoms with Crippen molar-refractivity contribution in [2.45, 2.75) is 23.8 Å². The molecule has 0 aromatic heterocycles. The van der Waals surface area contributed by atoms with Crippen LogP contribution in [0.4, 0.5) is 8.78 Å². The van der Waals surface area contributed by atoms with Gasteiger partial charge in [-0.3, -0.25) is 9.59 Å². The van der Waals surface area contributed by atoms with Crippen LogP contribution in [-0.2, 0) is 4.79 Å². The lowest BCUT2D eigenvalue weighted by Gasteiger charge is -2.32. The maximum atomic E-state index is 12.9. The maximum Gasteiger partial charge on any atom is 0.251 e. The Bertz CT molecular complexity index is 789. The van der Waals surface area contributed by atoms with E-state index >= 15 is 0 Å². The Labute approximate surface area is 160 Å². The van der Waals surface area contributed by atoms with Gasteiger partial charge in [-0.1, -0.05) is 0 Å². The normalized spacial score (nSPS) is 14.8. The van der Waals surface area contributed by atoms with Crippen LogP contribution in [0.1, 0.15) is 23.2 Å². The van der Waals surface area contributed by atoms with Gasteiger partial charge in [0, 0.05) is 29.6 Å². The lowest BCUT2D eigenvalue weighted by Crippen LogP contribution is -2.47. The summed E-state index contributed by atoms with van der Waals surface area (Å²) in [4.78, 5) is 27.1. The highest BCUT2D eigenvalue weighted by Gasteiger charge is 2.24. The molecule has 0 aliphatic carbocycles. The van der Waals surface area contributed by atoms with E-state index in [1.54, 1.807) is 17.0 Å². The van der Waals surface area contributed by atoms with Crippen molar-refractivity contribution in [3.8, 4) is 0 Å². The molecule has 0 atom stereocenters. The molecule has 4 nitrogen and oxygen atoms in total. The number of piperidine rings is 1. The van der Waals surface area contributed by atoms with Crippen molar-refractivity contribution in [2.75, 3.05) is 18.8 Å². The minimum atomic E-state index is -0.378. The first-order valence-corrected chi connectivity index (χ1v) is 9.72. The van der Waals surface area contributed by atoms with E-state index in [0.717, 1.165) is 4.90 Å². The quantitative estimate of drug-likeness (QED) is 0.796. The largest absolute Gasteiger partial charge is 0.349 e. The summed E-state index contributed by atoms with van der Waals surface area (Å²) in [5, 5.41) is 2.94. The van der Waals surface area contributed by atoms with Gasteiger partial charge in [0.15, 0.2) is 0 Å². The fourth-order valence-corrected chi connectivity index (χ4v) is 3.71. The number of carbonyl (C=O) groups excluding carboxylic acids is 2. The zero-order chi connectivity index (χ0) is 19.2. The second-order valence-electron chi connectivity index (χ2n) is 6.38. The fourth-order valence-electron chi connectivity index (χ4n) is 2.91. The predicted octanol–water partition coefficient (Wildman–Crippen LogP) is 3.48.